The predicted octanol–water partition coefficient (Wildman–Crippen LogP) is 4.70. The summed E-state index contributed by atoms with van der Waals surface area (Å²) in [4.78, 5) is 50.0. The van der Waals surface area contributed by atoms with Crippen LogP contribution in [0.5, 0.6) is 5.75 Å². The van der Waals surface area contributed by atoms with Gasteiger partial charge in [0.2, 0.25) is 17.7 Å². The Kier molecular flexibility index (Phi) is 10.6. The van der Waals surface area contributed by atoms with Crippen molar-refractivity contribution in [1.29, 1.82) is 0 Å². The average Bonchev–Trinajstić information content (AvgIpc) is 3.09. The van der Waals surface area contributed by atoms with Gasteiger partial charge in [-0.1, -0.05) is 35.9 Å². The van der Waals surface area contributed by atoms with Crippen molar-refractivity contribution in [2.75, 3.05) is 55.8 Å². The number of hydrogen-bond acceptors (Lipinski definition) is 10. The number of halogens is 2. The number of imide groups is 1. The van der Waals surface area contributed by atoms with Gasteiger partial charge in [0.25, 0.3) is 0 Å². The molecule has 2 saturated heterocycles. The Morgan fingerprint density at radius 3 is 2.63 bits per heavy atom. The first-order chi connectivity index (χ1) is 23.7. The maximum absolute atomic E-state index is 13.7. The number of rotatable bonds is 11. The number of ether oxygens (including phenoxy) is 1. The molecule has 0 bridgehead atoms. The first-order valence-corrected chi connectivity index (χ1v) is 16.3. The SMILES string of the molecule is COc1cc2ncnc(Nc3ccc(F)c(Cl)c3)c2cc1NC(=O)/C=C/CN1CCN(Cc2ccccc2NC2CCC(=O)NC2=O)CC1. The maximum Gasteiger partial charge on any atom is 0.249 e. The Morgan fingerprint density at radius 1 is 1.06 bits per heavy atom. The number of piperazine rings is 1. The molecule has 4 aromatic rings. The summed E-state index contributed by atoms with van der Waals surface area (Å²) in [6.07, 6.45) is 5.55. The Morgan fingerprint density at radius 2 is 1.86 bits per heavy atom. The van der Waals surface area contributed by atoms with Crippen LogP contribution in [0.15, 0.2) is 73.1 Å². The second-order valence-electron chi connectivity index (χ2n) is 11.8. The van der Waals surface area contributed by atoms with Gasteiger partial charge in [-0.05, 0) is 42.3 Å². The fourth-order valence-electron chi connectivity index (χ4n) is 5.83. The number of carbonyl (C=O) groups is 3. The van der Waals surface area contributed by atoms with Crippen LogP contribution in [0.2, 0.25) is 5.02 Å². The van der Waals surface area contributed by atoms with Crippen LogP contribution in [-0.4, -0.2) is 83.4 Å². The molecule has 2 aliphatic heterocycles. The summed E-state index contributed by atoms with van der Waals surface area (Å²) in [6, 6.07) is 15.2. The highest BCUT2D eigenvalue weighted by molar-refractivity contribution is 6.31. The fraction of sp³-hybridized carbons (Fsp3) is 0.286. The molecule has 1 unspecified atom stereocenters. The lowest BCUT2D eigenvalue weighted by Crippen LogP contribution is -2.47. The Balaban J connectivity index is 1.02. The third-order valence-corrected chi connectivity index (χ3v) is 8.76. The van der Waals surface area contributed by atoms with Crippen LogP contribution in [0.4, 0.5) is 27.3 Å². The van der Waals surface area contributed by atoms with Crippen molar-refractivity contribution >= 4 is 63.1 Å². The first-order valence-electron chi connectivity index (χ1n) is 15.9. The smallest absolute Gasteiger partial charge is 0.249 e. The van der Waals surface area contributed by atoms with E-state index in [0.29, 0.717) is 53.2 Å². The van der Waals surface area contributed by atoms with E-state index in [1.165, 1.54) is 31.6 Å². The standard InChI is InChI=1S/C35H36ClFN8O4/c1-49-31-19-29-24(34(39-21-38-29)40-23-8-9-26(37)25(36)17-23)18-30(31)42-32(46)7-4-12-44-13-15-45(16-14-44)20-22-5-2-3-6-27(22)41-28-10-11-33(47)43-35(28)48/h2-9,17-19,21,28,41H,10-16,20H2,1H3,(H,42,46)(H,38,39,40)(H,43,47,48)/b7-4+. The van der Waals surface area contributed by atoms with Crippen LogP contribution in [0.1, 0.15) is 18.4 Å². The molecule has 3 aromatic carbocycles. The number of fused-ring (bicyclic) bond motifs is 1. The zero-order chi connectivity index (χ0) is 34.3. The summed E-state index contributed by atoms with van der Waals surface area (Å²) in [5.41, 5.74) is 3.57. The molecule has 0 spiro atoms. The van der Waals surface area contributed by atoms with E-state index in [1.807, 2.05) is 24.3 Å². The number of nitrogens with one attached hydrogen (secondary N) is 4. The second-order valence-corrected chi connectivity index (χ2v) is 12.2. The molecule has 12 nitrogen and oxygen atoms in total. The molecule has 2 aliphatic rings. The molecule has 3 amide bonds. The number of amides is 3. The van der Waals surface area contributed by atoms with Gasteiger partial charge in [0.1, 0.15) is 29.8 Å². The van der Waals surface area contributed by atoms with Crippen LogP contribution in [0.25, 0.3) is 10.9 Å². The summed E-state index contributed by atoms with van der Waals surface area (Å²) >= 11 is 5.94. The summed E-state index contributed by atoms with van der Waals surface area (Å²) in [5, 5.41) is 12.4. The largest absolute Gasteiger partial charge is 0.494 e. The molecule has 49 heavy (non-hydrogen) atoms. The minimum atomic E-state index is -0.524. The minimum Gasteiger partial charge on any atom is -0.494 e. The molecule has 4 N–H and O–H groups in total. The van der Waals surface area contributed by atoms with E-state index < -0.39 is 11.9 Å². The Labute approximate surface area is 287 Å². The number of para-hydroxylation sites is 1. The average molecular weight is 687 g/mol. The van der Waals surface area contributed by atoms with Crippen molar-refractivity contribution in [1.82, 2.24) is 25.1 Å². The van der Waals surface area contributed by atoms with Crippen LogP contribution < -0.4 is 26.0 Å². The normalized spacial score (nSPS) is 17.2. The van der Waals surface area contributed by atoms with Gasteiger partial charge >= 0.3 is 0 Å². The second kappa shape index (κ2) is 15.4. The van der Waals surface area contributed by atoms with E-state index in [1.54, 1.807) is 18.2 Å². The topological polar surface area (TPSA) is 141 Å². The van der Waals surface area contributed by atoms with Crippen LogP contribution in [0.3, 0.4) is 0 Å². The molecule has 1 atom stereocenters. The van der Waals surface area contributed by atoms with Crippen LogP contribution in [-0.2, 0) is 20.9 Å². The van der Waals surface area contributed by atoms with Crippen molar-refractivity contribution in [3.63, 3.8) is 0 Å². The van der Waals surface area contributed by atoms with E-state index in [0.717, 1.165) is 44.0 Å². The lowest BCUT2D eigenvalue weighted by atomic mass is 10.0. The van der Waals surface area contributed by atoms with E-state index in [9.17, 15) is 18.8 Å². The van der Waals surface area contributed by atoms with Crippen molar-refractivity contribution in [2.24, 2.45) is 0 Å². The highest BCUT2D eigenvalue weighted by Gasteiger charge is 2.27. The van der Waals surface area contributed by atoms with Crippen LogP contribution >= 0.6 is 11.6 Å². The summed E-state index contributed by atoms with van der Waals surface area (Å²) in [7, 11) is 1.51. The van der Waals surface area contributed by atoms with Crippen molar-refractivity contribution in [3.05, 3.63) is 89.5 Å². The van der Waals surface area contributed by atoms with E-state index >= 15 is 0 Å². The molecule has 0 radical (unpaired) electrons. The van der Waals surface area contributed by atoms with E-state index in [-0.39, 0.29) is 22.7 Å². The monoisotopic (exact) mass is 686 g/mol. The van der Waals surface area contributed by atoms with Gasteiger partial charge in [-0.3, -0.25) is 29.5 Å². The number of aromatic nitrogens is 2. The Hall–Kier alpha value is -5.11. The number of methoxy groups -OCH3 is 1. The maximum atomic E-state index is 13.7. The number of benzene rings is 3. The molecule has 14 heteroatoms. The zero-order valence-corrected chi connectivity index (χ0v) is 27.6. The van der Waals surface area contributed by atoms with Crippen molar-refractivity contribution < 1.29 is 23.5 Å². The van der Waals surface area contributed by atoms with Crippen LogP contribution in [0, 0.1) is 5.82 Å². The predicted molar refractivity (Wildman–Crippen MR) is 187 cm³/mol. The molecular formula is C35H36ClFN8O4. The molecule has 0 aliphatic carbocycles. The molecule has 1 aromatic heterocycles. The minimum absolute atomic E-state index is 0.0194. The first kappa shape index (κ1) is 33.8. The summed E-state index contributed by atoms with van der Waals surface area (Å²) in [5.74, 6) is -0.464. The number of carbonyl (C=O) groups excluding carboxylic acids is 3. The van der Waals surface area contributed by atoms with Gasteiger partial charge in [0.15, 0.2) is 0 Å². The van der Waals surface area contributed by atoms with Gasteiger partial charge in [-0.2, -0.15) is 0 Å². The van der Waals surface area contributed by atoms with E-state index in [4.69, 9.17) is 16.3 Å². The summed E-state index contributed by atoms with van der Waals surface area (Å²) in [6.45, 7) is 4.72. The third-order valence-electron chi connectivity index (χ3n) is 8.47. The molecule has 2 fully saturated rings. The number of hydrogen-bond donors (Lipinski definition) is 4. The lowest BCUT2D eigenvalue weighted by Gasteiger charge is -2.34. The lowest BCUT2D eigenvalue weighted by molar-refractivity contribution is -0.133. The van der Waals surface area contributed by atoms with Crippen molar-refractivity contribution in [2.45, 2.75) is 25.4 Å². The fourth-order valence-corrected chi connectivity index (χ4v) is 6.01. The third kappa shape index (κ3) is 8.49. The number of piperidine rings is 1. The highest BCUT2D eigenvalue weighted by Crippen LogP contribution is 2.33. The highest BCUT2D eigenvalue weighted by atomic mass is 35.5. The van der Waals surface area contributed by atoms with Gasteiger partial charge in [-0.15, -0.1) is 0 Å². The number of nitrogens with zero attached hydrogens (tertiary/aromatic N) is 4. The Bertz CT molecular complexity index is 1900. The molecule has 6 rings (SSSR count). The van der Waals surface area contributed by atoms with Gasteiger partial charge in [0, 0.05) is 74.6 Å². The van der Waals surface area contributed by atoms with Crippen molar-refractivity contribution in [3.8, 4) is 5.75 Å². The van der Waals surface area contributed by atoms with Gasteiger partial charge in [-0.25, -0.2) is 14.4 Å². The quantitative estimate of drug-likeness (QED) is 0.130. The molecule has 254 valence electrons. The van der Waals surface area contributed by atoms with E-state index in [2.05, 4.69) is 47.1 Å². The van der Waals surface area contributed by atoms with Gasteiger partial charge < -0.3 is 20.7 Å². The zero-order valence-electron chi connectivity index (χ0n) is 26.8. The number of anilines is 4. The molecular weight excluding hydrogens is 651 g/mol. The summed E-state index contributed by atoms with van der Waals surface area (Å²) < 4.78 is 19.2. The van der Waals surface area contributed by atoms with Gasteiger partial charge in [0.05, 0.1) is 23.3 Å². The molecule has 3 heterocycles. The molecule has 0 saturated carbocycles.